The molecule has 2 amide bonds. The van der Waals surface area contributed by atoms with Crippen LogP contribution in [0.1, 0.15) is 42.6 Å². The Morgan fingerprint density at radius 1 is 1.16 bits per heavy atom. The molecule has 32 heavy (non-hydrogen) atoms. The minimum Gasteiger partial charge on any atom is -0.350 e. The van der Waals surface area contributed by atoms with E-state index >= 15 is 0 Å². The third-order valence-corrected chi connectivity index (χ3v) is 5.65. The molecule has 6 nitrogen and oxygen atoms in total. The molecule has 1 saturated carbocycles. The van der Waals surface area contributed by atoms with E-state index < -0.39 is 23.7 Å². The number of carbonyl (C=O) groups is 2. The van der Waals surface area contributed by atoms with Crippen LogP contribution in [0.15, 0.2) is 48.5 Å². The number of aromatic amines is 1. The van der Waals surface area contributed by atoms with Gasteiger partial charge >= 0.3 is 6.18 Å². The summed E-state index contributed by atoms with van der Waals surface area (Å²) in [5, 5.41) is 5.32. The molecule has 0 radical (unpaired) electrons. The van der Waals surface area contributed by atoms with Crippen LogP contribution < -0.4 is 10.6 Å². The Labute approximate surface area is 182 Å². The molecule has 0 aliphatic heterocycles. The second-order valence-corrected chi connectivity index (χ2v) is 8.15. The number of fused-ring (bicyclic) bond motifs is 1. The van der Waals surface area contributed by atoms with Crippen molar-refractivity contribution in [1.82, 2.24) is 20.6 Å². The molecule has 1 aromatic heterocycles. The lowest BCUT2D eigenvalue weighted by Gasteiger charge is -2.14. The van der Waals surface area contributed by atoms with Crippen LogP contribution in [0.2, 0.25) is 0 Å². The van der Waals surface area contributed by atoms with Crippen LogP contribution in [0, 0.1) is 5.92 Å². The number of amides is 2. The summed E-state index contributed by atoms with van der Waals surface area (Å²) in [5.74, 6) is 0.648. The molecule has 168 valence electrons. The summed E-state index contributed by atoms with van der Waals surface area (Å²) in [5.41, 5.74) is 1.66. The molecular weight excluding hydrogens is 421 g/mol. The molecule has 1 heterocycles. The topological polar surface area (TPSA) is 86.9 Å². The van der Waals surface area contributed by atoms with Gasteiger partial charge in [0.25, 0.3) is 0 Å². The van der Waals surface area contributed by atoms with Gasteiger partial charge < -0.3 is 15.6 Å². The van der Waals surface area contributed by atoms with E-state index in [1.54, 1.807) is 6.92 Å². The van der Waals surface area contributed by atoms with Crippen LogP contribution in [-0.4, -0.2) is 27.8 Å². The summed E-state index contributed by atoms with van der Waals surface area (Å²) < 4.78 is 37.8. The van der Waals surface area contributed by atoms with Crippen LogP contribution in [0.4, 0.5) is 13.2 Å². The van der Waals surface area contributed by atoms with E-state index in [4.69, 9.17) is 0 Å². The molecular formula is C23H23F3N4O2. The Morgan fingerprint density at radius 3 is 2.56 bits per heavy atom. The predicted molar refractivity (Wildman–Crippen MR) is 112 cm³/mol. The summed E-state index contributed by atoms with van der Waals surface area (Å²) in [6, 6.07) is 11.6. The van der Waals surface area contributed by atoms with Crippen molar-refractivity contribution in [3.05, 3.63) is 65.5 Å². The van der Waals surface area contributed by atoms with Gasteiger partial charge in [-0.2, -0.15) is 13.2 Å². The van der Waals surface area contributed by atoms with E-state index in [9.17, 15) is 22.8 Å². The highest BCUT2D eigenvalue weighted by molar-refractivity contribution is 5.87. The molecule has 3 aromatic rings. The number of H-pyrrole nitrogens is 1. The Bertz CT molecular complexity index is 1090. The first-order valence-corrected chi connectivity index (χ1v) is 10.4. The first-order valence-electron chi connectivity index (χ1n) is 10.4. The van der Waals surface area contributed by atoms with Gasteiger partial charge in [-0.1, -0.05) is 24.3 Å². The van der Waals surface area contributed by atoms with E-state index in [2.05, 4.69) is 20.6 Å². The first-order chi connectivity index (χ1) is 15.2. The van der Waals surface area contributed by atoms with Crippen molar-refractivity contribution in [2.75, 3.05) is 0 Å². The number of hydrogen-bond acceptors (Lipinski definition) is 3. The van der Waals surface area contributed by atoms with E-state index in [1.165, 1.54) is 12.1 Å². The molecule has 9 heteroatoms. The maximum atomic E-state index is 12.6. The van der Waals surface area contributed by atoms with E-state index in [-0.39, 0.29) is 24.3 Å². The molecule has 0 bridgehead atoms. The molecule has 1 aliphatic carbocycles. The van der Waals surface area contributed by atoms with Crippen molar-refractivity contribution in [3.63, 3.8) is 0 Å². The third kappa shape index (κ3) is 5.09. The number of rotatable bonds is 7. The zero-order valence-electron chi connectivity index (χ0n) is 17.4. The van der Waals surface area contributed by atoms with Gasteiger partial charge in [-0.3, -0.25) is 9.59 Å². The number of carbonyl (C=O) groups excluding carboxylic acids is 2. The number of nitrogens with zero attached hydrogens (tertiary/aromatic N) is 1. The van der Waals surface area contributed by atoms with E-state index in [0.717, 1.165) is 35.4 Å². The molecule has 1 aliphatic rings. The quantitative estimate of drug-likeness (QED) is 0.517. The highest BCUT2D eigenvalue weighted by atomic mass is 19.4. The Kier molecular flexibility index (Phi) is 5.90. The first kappa shape index (κ1) is 21.9. The maximum Gasteiger partial charge on any atom is 0.416 e. The van der Waals surface area contributed by atoms with Gasteiger partial charge in [0.05, 0.1) is 16.6 Å². The summed E-state index contributed by atoms with van der Waals surface area (Å²) in [6.07, 6.45) is -3.23. The monoisotopic (exact) mass is 444 g/mol. The van der Waals surface area contributed by atoms with Gasteiger partial charge in [0.15, 0.2) is 0 Å². The summed E-state index contributed by atoms with van der Waals surface area (Å²) in [4.78, 5) is 32.5. The van der Waals surface area contributed by atoms with Gasteiger partial charge in [-0.05, 0) is 49.1 Å². The lowest BCUT2D eigenvalue weighted by Crippen LogP contribution is -2.44. The normalized spacial score (nSPS) is 18.9. The fourth-order valence-electron chi connectivity index (χ4n) is 3.71. The Morgan fingerprint density at radius 2 is 1.88 bits per heavy atom. The fourth-order valence-corrected chi connectivity index (χ4v) is 3.71. The Balaban J connectivity index is 1.22. The van der Waals surface area contributed by atoms with E-state index in [1.807, 2.05) is 24.3 Å². The highest BCUT2D eigenvalue weighted by Crippen LogP contribution is 2.48. The average Bonchev–Trinajstić information content (AvgIpc) is 3.37. The zero-order chi connectivity index (χ0) is 22.9. The second kappa shape index (κ2) is 8.64. The van der Waals surface area contributed by atoms with Crippen LogP contribution >= 0.6 is 0 Å². The fraction of sp³-hybridized carbons (Fsp3) is 0.348. The van der Waals surface area contributed by atoms with E-state index in [0.29, 0.717) is 12.0 Å². The van der Waals surface area contributed by atoms with Crippen LogP contribution in [0.5, 0.6) is 0 Å². The number of halogens is 3. The summed E-state index contributed by atoms with van der Waals surface area (Å²) in [7, 11) is 0. The van der Waals surface area contributed by atoms with Crippen molar-refractivity contribution < 1.29 is 22.8 Å². The van der Waals surface area contributed by atoms with Crippen LogP contribution in [0.3, 0.4) is 0 Å². The molecule has 3 atom stereocenters. The number of imidazole rings is 1. The maximum absolute atomic E-state index is 12.6. The summed E-state index contributed by atoms with van der Waals surface area (Å²) >= 11 is 0. The van der Waals surface area contributed by atoms with Crippen molar-refractivity contribution >= 4 is 22.8 Å². The van der Waals surface area contributed by atoms with Crippen molar-refractivity contribution in [1.29, 1.82) is 0 Å². The number of aromatic nitrogens is 2. The second-order valence-electron chi connectivity index (χ2n) is 8.15. The van der Waals surface area contributed by atoms with Gasteiger partial charge in [0, 0.05) is 18.9 Å². The standard InChI is InChI=1S/C23H23F3N4O2/c1-13(22(32)27-12-14-6-8-16(9-7-14)23(24,25)26)28-20(31)11-15-10-17(15)21-29-18-4-2-3-5-19(18)30-21/h2-9,13,15,17H,10-12H2,1H3,(H,27,32)(H,28,31)(H,29,30)/t13-,15+,17+/m1/s1. The minimum atomic E-state index is -4.40. The molecule has 1 fully saturated rings. The predicted octanol–water partition coefficient (Wildman–Crippen LogP) is 3.90. The lowest BCUT2D eigenvalue weighted by molar-refractivity contribution is -0.137. The molecule has 3 N–H and O–H groups in total. The molecule has 0 unspecified atom stereocenters. The minimum absolute atomic E-state index is 0.0773. The smallest absolute Gasteiger partial charge is 0.350 e. The largest absolute Gasteiger partial charge is 0.416 e. The number of nitrogens with one attached hydrogen (secondary N) is 3. The zero-order valence-corrected chi connectivity index (χ0v) is 17.4. The SMILES string of the molecule is C[C@@H](NC(=O)C[C@@H]1C[C@@H]1c1nc2ccccc2[nH]1)C(=O)NCc1ccc(C(F)(F)F)cc1. The lowest BCUT2D eigenvalue weighted by atomic mass is 10.1. The van der Waals surface area contributed by atoms with Gasteiger partial charge in [0.2, 0.25) is 11.8 Å². The third-order valence-electron chi connectivity index (χ3n) is 5.65. The summed E-state index contributed by atoms with van der Waals surface area (Å²) in [6.45, 7) is 1.65. The van der Waals surface area contributed by atoms with Crippen molar-refractivity contribution in [2.45, 2.75) is 44.4 Å². The van der Waals surface area contributed by atoms with Gasteiger partial charge in [-0.25, -0.2) is 4.98 Å². The number of benzene rings is 2. The Hall–Kier alpha value is -3.36. The number of para-hydroxylation sites is 2. The van der Waals surface area contributed by atoms with Crippen molar-refractivity contribution in [2.24, 2.45) is 5.92 Å². The highest BCUT2D eigenvalue weighted by Gasteiger charge is 2.42. The van der Waals surface area contributed by atoms with Gasteiger partial charge in [-0.15, -0.1) is 0 Å². The van der Waals surface area contributed by atoms with Gasteiger partial charge in [0.1, 0.15) is 11.9 Å². The molecule has 0 saturated heterocycles. The molecule has 2 aromatic carbocycles. The van der Waals surface area contributed by atoms with Crippen LogP contribution in [-0.2, 0) is 22.3 Å². The van der Waals surface area contributed by atoms with Crippen molar-refractivity contribution in [3.8, 4) is 0 Å². The number of alkyl halides is 3. The van der Waals surface area contributed by atoms with Crippen LogP contribution in [0.25, 0.3) is 11.0 Å². The molecule has 0 spiro atoms. The number of hydrogen-bond donors (Lipinski definition) is 3. The average molecular weight is 444 g/mol. The molecule has 4 rings (SSSR count).